The van der Waals surface area contributed by atoms with E-state index in [1.807, 2.05) is 18.2 Å². The highest BCUT2D eigenvalue weighted by molar-refractivity contribution is 14.1. The van der Waals surface area contributed by atoms with E-state index in [-0.39, 0.29) is 5.91 Å². The highest BCUT2D eigenvalue weighted by atomic mass is 127. The van der Waals surface area contributed by atoms with E-state index < -0.39 is 16.1 Å². The van der Waals surface area contributed by atoms with Crippen LogP contribution in [0.2, 0.25) is 0 Å². The average molecular weight is 408 g/mol. The van der Waals surface area contributed by atoms with E-state index in [2.05, 4.69) is 27.9 Å². The van der Waals surface area contributed by atoms with Gasteiger partial charge in [-0.2, -0.15) is 4.31 Å². The van der Waals surface area contributed by atoms with Crippen molar-refractivity contribution in [2.45, 2.75) is 25.3 Å². The van der Waals surface area contributed by atoms with Crippen molar-refractivity contribution in [2.75, 3.05) is 18.1 Å². The molecule has 1 aliphatic rings. The van der Waals surface area contributed by atoms with Crippen LogP contribution in [0.15, 0.2) is 24.3 Å². The number of hydrogen-bond acceptors (Lipinski definition) is 3. The summed E-state index contributed by atoms with van der Waals surface area (Å²) in [6.45, 7) is 0.420. The Hall–Kier alpha value is -0.670. The summed E-state index contributed by atoms with van der Waals surface area (Å²) in [6.07, 6.45) is 3.41. The lowest BCUT2D eigenvalue weighted by Gasteiger charge is -2.32. The molecule has 1 aromatic carbocycles. The zero-order valence-corrected chi connectivity index (χ0v) is 14.1. The van der Waals surface area contributed by atoms with Gasteiger partial charge in [-0.15, -0.1) is 0 Å². The zero-order valence-electron chi connectivity index (χ0n) is 11.2. The van der Waals surface area contributed by atoms with E-state index in [0.717, 1.165) is 22.7 Å². The Morgan fingerprint density at radius 2 is 2.15 bits per heavy atom. The summed E-state index contributed by atoms with van der Waals surface area (Å²) in [5.74, 6) is -0.253. The standard InChI is InChI=1S/C13H17IN2O3S/c1-20(18,19)16-8-3-2-7-12(16)13(17)15-11-6-4-5-10(14)9-11/h4-6,9,12H,2-3,7-8H2,1H3,(H,15,17). The molecule has 0 bridgehead atoms. The second kappa shape index (κ2) is 6.40. The minimum absolute atomic E-state index is 0.253. The fraction of sp³-hybridized carbons (Fsp3) is 0.462. The summed E-state index contributed by atoms with van der Waals surface area (Å²) < 4.78 is 25.8. The van der Waals surface area contributed by atoms with Crippen LogP contribution < -0.4 is 5.32 Å². The van der Waals surface area contributed by atoms with Gasteiger partial charge < -0.3 is 5.32 Å². The van der Waals surface area contributed by atoms with Crippen molar-refractivity contribution in [3.8, 4) is 0 Å². The van der Waals surface area contributed by atoms with Gasteiger partial charge in [0.25, 0.3) is 0 Å². The van der Waals surface area contributed by atoms with Crippen molar-refractivity contribution < 1.29 is 13.2 Å². The van der Waals surface area contributed by atoms with Crippen LogP contribution in [0.1, 0.15) is 19.3 Å². The number of halogens is 1. The van der Waals surface area contributed by atoms with Crippen LogP contribution in [0.4, 0.5) is 5.69 Å². The number of nitrogens with zero attached hydrogens (tertiary/aromatic N) is 1. The molecule has 1 fully saturated rings. The molecule has 0 spiro atoms. The summed E-state index contributed by atoms with van der Waals surface area (Å²) in [7, 11) is -3.35. The van der Waals surface area contributed by atoms with Crippen molar-refractivity contribution in [3.05, 3.63) is 27.8 Å². The number of benzene rings is 1. The number of rotatable bonds is 3. The van der Waals surface area contributed by atoms with E-state index >= 15 is 0 Å². The Bertz CT molecular complexity index is 603. The maximum Gasteiger partial charge on any atom is 0.242 e. The third-order valence-corrected chi connectivity index (χ3v) is 5.23. The van der Waals surface area contributed by atoms with Gasteiger partial charge in [0.05, 0.1) is 6.26 Å². The summed E-state index contributed by atoms with van der Waals surface area (Å²) in [4.78, 5) is 12.3. The number of hydrogen-bond donors (Lipinski definition) is 1. The molecule has 1 aliphatic heterocycles. The first-order valence-electron chi connectivity index (χ1n) is 6.41. The lowest BCUT2D eigenvalue weighted by atomic mass is 10.0. The number of carbonyl (C=O) groups excluding carboxylic acids is 1. The molecular formula is C13H17IN2O3S. The third kappa shape index (κ3) is 3.92. The molecule has 1 unspecified atom stereocenters. The molecule has 20 heavy (non-hydrogen) atoms. The summed E-state index contributed by atoms with van der Waals surface area (Å²) in [5, 5.41) is 2.80. The smallest absolute Gasteiger partial charge is 0.242 e. The molecule has 1 heterocycles. The Labute approximate surface area is 132 Å². The maximum atomic E-state index is 12.3. The van der Waals surface area contributed by atoms with Crippen LogP contribution in [0, 0.1) is 3.57 Å². The maximum absolute atomic E-state index is 12.3. The molecule has 0 radical (unpaired) electrons. The second-order valence-electron chi connectivity index (χ2n) is 4.88. The van der Waals surface area contributed by atoms with Crippen molar-refractivity contribution in [2.24, 2.45) is 0 Å². The minimum Gasteiger partial charge on any atom is -0.325 e. The molecule has 1 aromatic rings. The number of amides is 1. The van der Waals surface area contributed by atoms with E-state index in [1.165, 1.54) is 4.31 Å². The lowest BCUT2D eigenvalue weighted by Crippen LogP contribution is -2.49. The zero-order chi connectivity index (χ0) is 14.8. The molecule has 5 nitrogen and oxygen atoms in total. The minimum atomic E-state index is -3.35. The predicted octanol–water partition coefficient (Wildman–Crippen LogP) is 2.04. The SMILES string of the molecule is CS(=O)(=O)N1CCCCC1C(=O)Nc1cccc(I)c1. The molecule has 110 valence electrons. The quantitative estimate of drug-likeness (QED) is 0.779. The van der Waals surface area contributed by atoms with E-state index in [1.54, 1.807) is 6.07 Å². The van der Waals surface area contributed by atoms with Gasteiger partial charge in [-0.05, 0) is 53.6 Å². The molecule has 0 saturated carbocycles. The summed E-state index contributed by atoms with van der Waals surface area (Å²) >= 11 is 2.17. The highest BCUT2D eigenvalue weighted by Gasteiger charge is 2.34. The van der Waals surface area contributed by atoms with Crippen molar-refractivity contribution in [1.29, 1.82) is 0 Å². The van der Waals surface area contributed by atoms with Crippen molar-refractivity contribution in [1.82, 2.24) is 4.31 Å². The molecule has 7 heteroatoms. The first-order chi connectivity index (χ1) is 9.38. The fourth-order valence-electron chi connectivity index (χ4n) is 2.36. The van der Waals surface area contributed by atoms with Crippen LogP contribution in [-0.2, 0) is 14.8 Å². The Morgan fingerprint density at radius 3 is 2.80 bits per heavy atom. The van der Waals surface area contributed by atoms with Gasteiger partial charge in [-0.3, -0.25) is 4.79 Å². The fourth-order valence-corrected chi connectivity index (χ4v) is 4.02. The number of piperidine rings is 1. The van der Waals surface area contributed by atoms with E-state index in [0.29, 0.717) is 18.7 Å². The largest absolute Gasteiger partial charge is 0.325 e. The molecular weight excluding hydrogens is 391 g/mol. The van der Waals surface area contributed by atoms with Gasteiger partial charge in [-0.1, -0.05) is 12.5 Å². The van der Waals surface area contributed by atoms with Gasteiger partial charge in [0.1, 0.15) is 6.04 Å². The van der Waals surface area contributed by atoms with Gasteiger partial charge in [0.15, 0.2) is 0 Å². The van der Waals surface area contributed by atoms with Gasteiger partial charge in [0.2, 0.25) is 15.9 Å². The topological polar surface area (TPSA) is 66.5 Å². The monoisotopic (exact) mass is 408 g/mol. The van der Waals surface area contributed by atoms with Crippen LogP contribution >= 0.6 is 22.6 Å². The first kappa shape index (κ1) is 15.7. The Kier molecular flexibility index (Phi) is 5.03. The Morgan fingerprint density at radius 1 is 1.40 bits per heavy atom. The molecule has 0 aliphatic carbocycles. The average Bonchev–Trinajstić information content (AvgIpc) is 2.37. The molecule has 1 amide bonds. The normalized spacial score (nSPS) is 20.6. The van der Waals surface area contributed by atoms with Crippen LogP contribution in [-0.4, -0.2) is 37.5 Å². The Balaban J connectivity index is 2.14. The summed E-state index contributed by atoms with van der Waals surface area (Å²) in [5.41, 5.74) is 0.695. The molecule has 1 N–H and O–H groups in total. The summed E-state index contributed by atoms with van der Waals surface area (Å²) in [6, 6.07) is 6.84. The van der Waals surface area contributed by atoms with Gasteiger partial charge in [0, 0.05) is 15.8 Å². The molecule has 1 saturated heterocycles. The lowest BCUT2D eigenvalue weighted by molar-refractivity contribution is -0.120. The first-order valence-corrected chi connectivity index (χ1v) is 9.34. The molecule has 2 rings (SSSR count). The number of nitrogens with one attached hydrogen (secondary N) is 1. The van der Waals surface area contributed by atoms with Crippen LogP contribution in [0.25, 0.3) is 0 Å². The van der Waals surface area contributed by atoms with E-state index in [4.69, 9.17) is 0 Å². The molecule has 1 atom stereocenters. The molecule has 0 aromatic heterocycles. The van der Waals surface area contributed by atoms with Crippen LogP contribution in [0.3, 0.4) is 0 Å². The van der Waals surface area contributed by atoms with Crippen LogP contribution in [0.5, 0.6) is 0 Å². The van der Waals surface area contributed by atoms with Crippen molar-refractivity contribution in [3.63, 3.8) is 0 Å². The van der Waals surface area contributed by atoms with Gasteiger partial charge >= 0.3 is 0 Å². The number of anilines is 1. The van der Waals surface area contributed by atoms with Crippen molar-refractivity contribution >= 4 is 44.2 Å². The van der Waals surface area contributed by atoms with Gasteiger partial charge in [-0.25, -0.2) is 8.42 Å². The van der Waals surface area contributed by atoms with E-state index in [9.17, 15) is 13.2 Å². The highest BCUT2D eigenvalue weighted by Crippen LogP contribution is 2.21. The number of sulfonamides is 1. The predicted molar refractivity (Wildman–Crippen MR) is 87.0 cm³/mol. The third-order valence-electron chi connectivity index (χ3n) is 3.27. The second-order valence-corrected chi connectivity index (χ2v) is 8.07. The number of carbonyl (C=O) groups is 1.